The smallest absolute Gasteiger partial charge is 0.271 e. The van der Waals surface area contributed by atoms with E-state index in [4.69, 9.17) is 0 Å². The van der Waals surface area contributed by atoms with Gasteiger partial charge in [0.15, 0.2) is 5.13 Å². The van der Waals surface area contributed by atoms with E-state index in [1.165, 1.54) is 40.4 Å². The van der Waals surface area contributed by atoms with Crippen LogP contribution in [0.4, 0.5) is 16.5 Å². The Morgan fingerprint density at radius 3 is 2.78 bits per heavy atom. The van der Waals surface area contributed by atoms with Crippen LogP contribution in [0, 0.1) is 10.1 Å². The lowest BCUT2D eigenvalue weighted by Gasteiger charge is -2.05. The number of para-hydroxylation sites is 1. The lowest BCUT2D eigenvalue weighted by atomic mass is 10.2. The molecular weight excluding hydrogens is 366 g/mol. The van der Waals surface area contributed by atoms with Gasteiger partial charge >= 0.3 is 0 Å². The molecule has 0 aliphatic heterocycles. The highest BCUT2D eigenvalue weighted by atomic mass is 32.1. The second-order valence-corrected chi connectivity index (χ2v) is 6.63. The van der Waals surface area contributed by atoms with E-state index in [9.17, 15) is 14.9 Å². The molecule has 0 amide bonds. The standard InChI is InChI=1S/C18H13N5O3S/c24-17-15-7-6-14(23(25)26)8-16(15)19-11-22(17)9-13-10-27-18(21-13)20-12-4-2-1-3-5-12/h1-8,10-11H,9H2,(H,20,21). The molecule has 2 aromatic heterocycles. The van der Waals surface area contributed by atoms with Crippen molar-refractivity contribution in [1.29, 1.82) is 0 Å². The number of hydrogen-bond donors (Lipinski definition) is 1. The molecule has 2 heterocycles. The van der Waals surface area contributed by atoms with E-state index >= 15 is 0 Å². The first kappa shape index (κ1) is 16.9. The number of nitrogens with zero attached hydrogens (tertiary/aromatic N) is 4. The normalized spacial score (nSPS) is 10.8. The number of rotatable bonds is 5. The van der Waals surface area contributed by atoms with Crippen molar-refractivity contribution in [2.45, 2.75) is 6.54 Å². The minimum Gasteiger partial charge on any atom is -0.332 e. The Balaban J connectivity index is 1.58. The maximum Gasteiger partial charge on any atom is 0.271 e. The van der Waals surface area contributed by atoms with Gasteiger partial charge in [-0.25, -0.2) is 9.97 Å². The SMILES string of the molecule is O=c1c2ccc([N+](=O)[O-])cc2ncn1Cc1csc(Nc2ccccc2)n1. The predicted octanol–water partition coefficient (Wildman–Crippen LogP) is 3.55. The van der Waals surface area contributed by atoms with Crippen LogP contribution in [0.15, 0.2) is 65.0 Å². The third kappa shape index (κ3) is 3.53. The molecule has 27 heavy (non-hydrogen) atoms. The molecule has 0 bridgehead atoms. The number of nitro benzene ring substituents is 1. The molecule has 4 aromatic rings. The lowest BCUT2D eigenvalue weighted by Crippen LogP contribution is -2.21. The summed E-state index contributed by atoms with van der Waals surface area (Å²) >= 11 is 1.45. The molecule has 0 saturated heterocycles. The Bertz CT molecular complexity index is 1190. The molecule has 2 aromatic carbocycles. The van der Waals surface area contributed by atoms with Crippen molar-refractivity contribution in [2.75, 3.05) is 5.32 Å². The van der Waals surface area contributed by atoms with Gasteiger partial charge in [-0.15, -0.1) is 11.3 Å². The summed E-state index contributed by atoms with van der Waals surface area (Å²) in [4.78, 5) is 31.6. The van der Waals surface area contributed by atoms with Crippen LogP contribution >= 0.6 is 11.3 Å². The molecule has 0 atom stereocenters. The van der Waals surface area contributed by atoms with Gasteiger partial charge in [0.05, 0.1) is 34.4 Å². The van der Waals surface area contributed by atoms with E-state index < -0.39 is 4.92 Å². The monoisotopic (exact) mass is 379 g/mol. The van der Waals surface area contributed by atoms with Gasteiger partial charge in [-0.2, -0.15) is 0 Å². The number of anilines is 2. The van der Waals surface area contributed by atoms with E-state index in [0.29, 0.717) is 10.9 Å². The molecule has 134 valence electrons. The molecule has 0 aliphatic carbocycles. The number of benzene rings is 2. The van der Waals surface area contributed by atoms with Crippen molar-refractivity contribution in [1.82, 2.24) is 14.5 Å². The second kappa shape index (κ2) is 6.96. The van der Waals surface area contributed by atoms with E-state index in [-0.39, 0.29) is 17.8 Å². The Hall–Kier alpha value is -3.59. The first-order valence-electron chi connectivity index (χ1n) is 8.00. The number of hydrogen-bond acceptors (Lipinski definition) is 7. The number of thiazole rings is 1. The zero-order valence-electron chi connectivity index (χ0n) is 13.9. The van der Waals surface area contributed by atoms with Crippen LogP contribution in [0.1, 0.15) is 5.69 Å². The third-order valence-corrected chi connectivity index (χ3v) is 4.74. The van der Waals surface area contributed by atoms with Crippen LogP contribution in [0.3, 0.4) is 0 Å². The molecular formula is C18H13N5O3S. The zero-order chi connectivity index (χ0) is 18.8. The fourth-order valence-electron chi connectivity index (χ4n) is 2.63. The molecule has 0 saturated carbocycles. The number of non-ortho nitro benzene ring substituents is 1. The summed E-state index contributed by atoms with van der Waals surface area (Å²) in [5, 5.41) is 17.0. The van der Waals surface area contributed by atoms with Crippen LogP contribution < -0.4 is 10.9 Å². The maximum atomic E-state index is 12.6. The van der Waals surface area contributed by atoms with Crippen LogP contribution in [-0.2, 0) is 6.54 Å². The number of nitro groups is 1. The average molecular weight is 379 g/mol. The highest BCUT2D eigenvalue weighted by Crippen LogP contribution is 2.21. The first-order valence-corrected chi connectivity index (χ1v) is 8.88. The summed E-state index contributed by atoms with van der Waals surface area (Å²) in [6.07, 6.45) is 1.39. The van der Waals surface area contributed by atoms with Crippen molar-refractivity contribution >= 4 is 38.7 Å². The van der Waals surface area contributed by atoms with Crippen LogP contribution in [-0.4, -0.2) is 19.5 Å². The van der Waals surface area contributed by atoms with Crippen LogP contribution in [0.2, 0.25) is 0 Å². The van der Waals surface area contributed by atoms with Crippen molar-refractivity contribution in [3.8, 4) is 0 Å². The second-order valence-electron chi connectivity index (χ2n) is 5.77. The fourth-order valence-corrected chi connectivity index (χ4v) is 3.35. The van der Waals surface area contributed by atoms with Crippen molar-refractivity contribution in [3.05, 3.63) is 86.4 Å². The largest absolute Gasteiger partial charge is 0.332 e. The number of aromatic nitrogens is 3. The van der Waals surface area contributed by atoms with Crippen molar-refractivity contribution in [2.24, 2.45) is 0 Å². The molecule has 0 aliphatic rings. The van der Waals surface area contributed by atoms with Crippen molar-refractivity contribution in [3.63, 3.8) is 0 Å². The van der Waals surface area contributed by atoms with Gasteiger partial charge in [0.1, 0.15) is 0 Å². The highest BCUT2D eigenvalue weighted by molar-refractivity contribution is 7.13. The number of nitrogens with one attached hydrogen (secondary N) is 1. The quantitative estimate of drug-likeness (QED) is 0.420. The topological polar surface area (TPSA) is 103 Å². The lowest BCUT2D eigenvalue weighted by molar-refractivity contribution is -0.384. The summed E-state index contributed by atoms with van der Waals surface area (Å²) in [6.45, 7) is 0.270. The van der Waals surface area contributed by atoms with Gasteiger partial charge in [-0.05, 0) is 18.2 Å². The molecule has 8 nitrogen and oxygen atoms in total. The molecule has 0 fully saturated rings. The minimum absolute atomic E-state index is 0.0942. The van der Waals surface area contributed by atoms with Gasteiger partial charge in [0.2, 0.25) is 0 Å². The first-order chi connectivity index (χ1) is 13.1. The summed E-state index contributed by atoms with van der Waals surface area (Å²) < 4.78 is 1.44. The highest BCUT2D eigenvalue weighted by Gasteiger charge is 2.11. The Morgan fingerprint density at radius 1 is 1.19 bits per heavy atom. The fraction of sp³-hybridized carbons (Fsp3) is 0.0556. The van der Waals surface area contributed by atoms with E-state index in [2.05, 4.69) is 15.3 Å². The van der Waals surface area contributed by atoms with Crippen LogP contribution in [0.5, 0.6) is 0 Å². The Labute approximate surface area is 156 Å². The molecule has 1 N–H and O–H groups in total. The van der Waals surface area contributed by atoms with E-state index in [1.54, 1.807) is 0 Å². The molecule has 0 unspecified atom stereocenters. The third-order valence-electron chi connectivity index (χ3n) is 3.93. The average Bonchev–Trinajstić information content (AvgIpc) is 3.11. The van der Waals surface area contributed by atoms with Gasteiger partial charge in [0, 0.05) is 23.2 Å². The van der Waals surface area contributed by atoms with Gasteiger partial charge < -0.3 is 5.32 Å². The summed E-state index contributed by atoms with van der Waals surface area (Å²) in [5.74, 6) is 0. The van der Waals surface area contributed by atoms with E-state index in [0.717, 1.165) is 16.5 Å². The van der Waals surface area contributed by atoms with Gasteiger partial charge in [-0.1, -0.05) is 18.2 Å². The summed E-state index contributed by atoms with van der Waals surface area (Å²) in [7, 11) is 0. The van der Waals surface area contributed by atoms with Gasteiger partial charge in [0.25, 0.3) is 11.2 Å². The van der Waals surface area contributed by atoms with Crippen molar-refractivity contribution < 1.29 is 4.92 Å². The maximum absolute atomic E-state index is 12.6. The van der Waals surface area contributed by atoms with Gasteiger partial charge in [-0.3, -0.25) is 19.5 Å². The molecule has 0 spiro atoms. The molecule has 4 rings (SSSR count). The Kier molecular flexibility index (Phi) is 4.35. The number of fused-ring (bicyclic) bond motifs is 1. The predicted molar refractivity (Wildman–Crippen MR) is 104 cm³/mol. The molecule has 9 heteroatoms. The van der Waals surface area contributed by atoms with E-state index in [1.807, 2.05) is 35.7 Å². The summed E-state index contributed by atoms with van der Waals surface area (Å²) in [5.41, 5.74) is 1.60. The zero-order valence-corrected chi connectivity index (χ0v) is 14.7. The Morgan fingerprint density at radius 2 is 2.00 bits per heavy atom. The minimum atomic E-state index is -0.511. The summed E-state index contributed by atoms with van der Waals surface area (Å²) in [6, 6.07) is 13.7. The van der Waals surface area contributed by atoms with Crippen LogP contribution in [0.25, 0.3) is 10.9 Å². The molecule has 0 radical (unpaired) electrons.